The van der Waals surface area contributed by atoms with Gasteiger partial charge >= 0.3 is 23.9 Å². The zero-order valence-corrected chi connectivity index (χ0v) is 73.6. The maximum Gasteiger partial charge on any atom is 0.338 e. The van der Waals surface area contributed by atoms with Gasteiger partial charge in [0.05, 0.1) is 152 Å². The zero-order valence-electron chi connectivity index (χ0n) is 72.1. The molecular weight excluding hydrogens is 1620 g/mol. The Bertz CT molecular complexity index is 7030. The lowest BCUT2D eigenvalue weighted by atomic mass is 9.92. The van der Waals surface area contributed by atoms with E-state index in [-0.39, 0.29) is 55.3 Å². The second kappa shape index (κ2) is 32.4. The van der Waals surface area contributed by atoms with Gasteiger partial charge in [-0.3, -0.25) is 0 Å². The van der Waals surface area contributed by atoms with Gasteiger partial charge in [0.1, 0.15) is 10.3 Å². The van der Waals surface area contributed by atoms with E-state index in [0.29, 0.717) is 123 Å². The number of carbonyl (C=O) groups is 4. The Kier molecular flexibility index (Phi) is 21.1. The third-order valence-electron chi connectivity index (χ3n) is 23.4. The maximum atomic E-state index is 14.9. The molecule has 14 heterocycles. The monoisotopic (exact) mass is 1700 g/mol. The fourth-order valence-electron chi connectivity index (χ4n) is 18.6. The van der Waals surface area contributed by atoms with Crippen molar-refractivity contribution in [3.8, 4) is 101 Å². The molecule has 0 radical (unpaired) electrons. The van der Waals surface area contributed by atoms with E-state index in [4.69, 9.17) is 82.0 Å². The number of pyridine rings is 4. The van der Waals surface area contributed by atoms with Crippen molar-refractivity contribution in [2.45, 2.75) is 83.1 Å². The number of nitrogens with one attached hydrogen (secondary N) is 4. The standard InChI is InChI=1S/C104H84Cl2N12O8/c1-49-33-53(5)89(54(6)34-49)97-73-25-17-65(107-73)93(66-18-26-74(108-66)98(90-55(7)35-50(2)36-56(90)8)78-30-22-70(112-78)95(69-21-29-77(97)111-69)85-45-63(103(121)125-15)47-87(105)117-85)83-43-61(101(119)123-13)41-81(115-83)82-42-62(102(120)124-14)44-84(116-82)94-67-19-27-75(109-67)99(91-57(9)37-51(3)38-58(91)10)79-31-23-71(113-79)96(86-46-64(104(122)126-16)48-88(106)118-86)72-24-32-80(114-72)100(76-28-20-68(94)110-76)92-59(11)39-52(4)40-60(92)12/h17-48,107,109,112,114H,1-16H3. The van der Waals surface area contributed by atoms with Crippen LogP contribution in [0.1, 0.15) is 154 Å². The van der Waals surface area contributed by atoms with Gasteiger partial charge in [-0.2, -0.15) is 0 Å². The molecule has 126 heavy (non-hydrogen) atoms. The molecule has 22 heteroatoms. The molecule has 4 aromatic carbocycles. The number of aromatic nitrogens is 12. The number of hydrogen-bond donors (Lipinski definition) is 4. The number of hydrogen-bond acceptors (Lipinski definition) is 16. The number of carbonyl (C=O) groups excluding carboxylic acids is 4. The van der Waals surface area contributed by atoms with Gasteiger partial charge in [0.15, 0.2) is 0 Å². The van der Waals surface area contributed by atoms with Crippen LogP contribution in [0.2, 0.25) is 10.3 Å². The van der Waals surface area contributed by atoms with Crippen molar-refractivity contribution in [2.75, 3.05) is 28.4 Å². The number of nitrogens with zero attached hydrogens (tertiary/aromatic N) is 8. The molecule has 0 atom stereocenters. The Balaban J connectivity index is 0.943. The number of rotatable bonds is 13. The number of aryl methyl sites for hydroxylation is 12. The van der Waals surface area contributed by atoms with Crippen LogP contribution in [0.4, 0.5) is 0 Å². The summed E-state index contributed by atoms with van der Waals surface area (Å²) in [6.07, 6.45) is 15.7. The summed E-state index contributed by atoms with van der Waals surface area (Å²) in [6, 6.07) is 46.0. The third-order valence-corrected chi connectivity index (χ3v) is 23.8. The molecule has 622 valence electrons. The van der Waals surface area contributed by atoms with Crippen LogP contribution in [0.25, 0.3) is 194 Å². The number of methoxy groups -OCH3 is 4. The molecule has 10 aromatic heterocycles. The molecule has 16 bridgehead atoms. The fraction of sp³-hybridized carbons (Fsp3) is 0.154. The highest BCUT2D eigenvalue weighted by molar-refractivity contribution is 6.30. The average Bonchev–Trinajstić information content (AvgIpc) is 1.61. The van der Waals surface area contributed by atoms with Gasteiger partial charge in [-0.05, 0) is 296 Å². The molecule has 4 aliphatic rings. The van der Waals surface area contributed by atoms with Crippen LogP contribution in [-0.2, 0) is 18.9 Å². The number of esters is 4. The van der Waals surface area contributed by atoms with Crippen LogP contribution >= 0.6 is 23.2 Å². The Morgan fingerprint density at radius 2 is 0.397 bits per heavy atom. The molecule has 4 aliphatic heterocycles. The quantitative estimate of drug-likeness (QED) is 0.0474. The minimum atomic E-state index is -0.685. The second-order valence-electron chi connectivity index (χ2n) is 32.4. The van der Waals surface area contributed by atoms with Crippen molar-refractivity contribution in [3.05, 3.63) is 290 Å². The first-order chi connectivity index (χ1) is 60.6. The highest BCUT2D eigenvalue weighted by atomic mass is 35.5. The molecule has 0 aliphatic carbocycles. The molecule has 0 fully saturated rings. The van der Waals surface area contributed by atoms with E-state index in [1.807, 2.05) is 97.1 Å². The van der Waals surface area contributed by atoms with Crippen LogP contribution in [-0.4, -0.2) is 112 Å². The molecule has 0 unspecified atom stereocenters. The largest absolute Gasteiger partial charge is 0.465 e. The SMILES string of the molecule is COC(=O)c1cc(Cl)nc(-c2c3nc(c(-c4c(C)cc(C)cc4C)c4ccc([nH]4)c(-c4cc(C(=O)OC)cc(-c5cc(C(=O)OC)cc(-c6c7nc(c(-c8c(C)cc(C)cc8C)c8ccc([nH]8)c(-c8cc(C(=O)OC)cc(Cl)n8)c8nc(c(-c9c(C)cc(C)cc9C)c9ccc6[nH]9)C=C8)C=C7)n5)n4)c4nc(c(-c5c(C)cc(C)cc5C)c5ccc2[nH]5)C=C4)C=C3)c1. The molecule has 18 rings (SSSR count). The summed E-state index contributed by atoms with van der Waals surface area (Å²) >= 11 is 13.7. The summed E-state index contributed by atoms with van der Waals surface area (Å²) in [5.74, 6) is -2.55. The van der Waals surface area contributed by atoms with Crippen molar-refractivity contribution < 1.29 is 38.1 Å². The van der Waals surface area contributed by atoms with E-state index in [9.17, 15) is 19.2 Å². The summed E-state index contributed by atoms with van der Waals surface area (Å²) in [4.78, 5) is 116. The van der Waals surface area contributed by atoms with Crippen LogP contribution in [0.15, 0.2) is 146 Å². The summed E-state index contributed by atoms with van der Waals surface area (Å²) in [7, 11) is 5.29. The van der Waals surface area contributed by atoms with Gasteiger partial charge in [0.25, 0.3) is 0 Å². The fourth-order valence-corrected chi connectivity index (χ4v) is 19.0. The molecule has 0 saturated carbocycles. The highest BCUT2D eigenvalue weighted by Gasteiger charge is 2.30. The topological polar surface area (TPSA) is 271 Å². The van der Waals surface area contributed by atoms with Crippen LogP contribution in [0.5, 0.6) is 0 Å². The van der Waals surface area contributed by atoms with Crippen molar-refractivity contribution in [2.24, 2.45) is 0 Å². The molecule has 20 nitrogen and oxygen atoms in total. The molecular formula is C104H84Cl2N12O8. The van der Waals surface area contributed by atoms with Crippen molar-refractivity contribution in [1.29, 1.82) is 0 Å². The lowest BCUT2D eigenvalue weighted by molar-refractivity contribution is 0.0591. The van der Waals surface area contributed by atoms with E-state index < -0.39 is 23.9 Å². The van der Waals surface area contributed by atoms with Gasteiger partial charge in [-0.25, -0.2) is 59.0 Å². The van der Waals surface area contributed by atoms with E-state index >= 15 is 0 Å². The Morgan fingerprint density at radius 3 is 0.603 bits per heavy atom. The van der Waals surface area contributed by atoms with Crippen LogP contribution in [0, 0.1) is 83.1 Å². The van der Waals surface area contributed by atoms with Crippen LogP contribution in [0.3, 0.4) is 0 Å². The number of fused-ring (bicyclic) bond motifs is 16. The smallest absolute Gasteiger partial charge is 0.338 e. The van der Waals surface area contributed by atoms with Crippen molar-refractivity contribution in [1.82, 2.24) is 59.8 Å². The van der Waals surface area contributed by atoms with Gasteiger partial charge in [0, 0.05) is 66.6 Å². The summed E-state index contributed by atoms with van der Waals surface area (Å²) in [5, 5.41) is 0.157. The first-order valence-corrected chi connectivity index (χ1v) is 41.8. The van der Waals surface area contributed by atoms with Crippen molar-refractivity contribution >= 4 is 140 Å². The summed E-state index contributed by atoms with van der Waals surface area (Å²) in [5.41, 5.74) is 32.8. The minimum Gasteiger partial charge on any atom is -0.465 e. The molecule has 0 amide bonds. The Hall–Kier alpha value is -14.9. The van der Waals surface area contributed by atoms with Crippen LogP contribution < -0.4 is 0 Å². The maximum absolute atomic E-state index is 14.9. The normalized spacial score (nSPS) is 12.0. The number of ether oxygens (including phenoxy) is 4. The lowest BCUT2D eigenvalue weighted by Crippen LogP contribution is -2.06. The first-order valence-electron chi connectivity index (χ1n) is 41.0. The predicted octanol–water partition coefficient (Wildman–Crippen LogP) is 24.4. The van der Waals surface area contributed by atoms with Gasteiger partial charge in [0.2, 0.25) is 0 Å². The number of aromatic amines is 4. The number of H-pyrrole nitrogens is 4. The second-order valence-corrected chi connectivity index (χ2v) is 33.2. The first kappa shape index (κ1) is 82.1. The van der Waals surface area contributed by atoms with Crippen molar-refractivity contribution in [3.63, 3.8) is 0 Å². The van der Waals surface area contributed by atoms with E-state index in [0.717, 1.165) is 111 Å². The zero-order chi connectivity index (χ0) is 88.3. The summed E-state index contributed by atoms with van der Waals surface area (Å²) in [6.45, 7) is 25.0. The number of halogens is 2. The Labute approximate surface area is 736 Å². The third kappa shape index (κ3) is 14.9. The van der Waals surface area contributed by atoms with E-state index in [2.05, 4.69) is 152 Å². The molecule has 0 spiro atoms. The van der Waals surface area contributed by atoms with E-state index in [1.54, 1.807) is 36.4 Å². The average molecular weight is 1700 g/mol. The minimum absolute atomic E-state index is 0.0787. The van der Waals surface area contributed by atoms with Gasteiger partial charge < -0.3 is 38.9 Å². The molecule has 0 saturated heterocycles. The Morgan fingerprint density at radius 1 is 0.222 bits per heavy atom. The number of benzene rings is 4. The van der Waals surface area contributed by atoms with Gasteiger partial charge in [-0.15, -0.1) is 0 Å². The van der Waals surface area contributed by atoms with Gasteiger partial charge in [-0.1, -0.05) is 94.0 Å². The highest BCUT2D eigenvalue weighted by Crippen LogP contribution is 2.46. The lowest BCUT2D eigenvalue weighted by Gasteiger charge is -2.14. The van der Waals surface area contributed by atoms with E-state index in [1.165, 1.54) is 40.6 Å². The summed E-state index contributed by atoms with van der Waals surface area (Å²) < 4.78 is 21.9. The predicted molar refractivity (Wildman–Crippen MR) is 504 cm³/mol. The molecule has 4 N–H and O–H groups in total. The molecule has 14 aromatic rings.